The van der Waals surface area contributed by atoms with Gasteiger partial charge < -0.3 is 24.5 Å². The van der Waals surface area contributed by atoms with Crippen LogP contribution in [0.3, 0.4) is 0 Å². The number of piperidine rings is 2. The zero-order valence-corrected chi connectivity index (χ0v) is 24.1. The largest absolute Gasteiger partial charge is 0.493 e. The number of benzene rings is 1. The molecule has 222 valence electrons. The summed E-state index contributed by atoms with van der Waals surface area (Å²) in [6.07, 6.45) is 6.45. The summed E-state index contributed by atoms with van der Waals surface area (Å²) in [5.41, 5.74) is -0.195. The fourth-order valence-electron chi connectivity index (χ4n) is 6.33. The molecule has 4 fully saturated rings. The highest BCUT2D eigenvalue weighted by molar-refractivity contribution is 5.79. The van der Waals surface area contributed by atoms with E-state index >= 15 is 0 Å². The van der Waals surface area contributed by atoms with E-state index in [0.29, 0.717) is 48.9 Å². The topological polar surface area (TPSA) is 92.0 Å². The van der Waals surface area contributed by atoms with Crippen molar-refractivity contribution in [1.29, 1.82) is 0 Å². The molecule has 1 aromatic heterocycles. The molecule has 0 saturated carbocycles. The number of fused-ring (bicyclic) bond motifs is 1. The summed E-state index contributed by atoms with van der Waals surface area (Å²) in [5.74, 6) is 0.651. The van der Waals surface area contributed by atoms with Gasteiger partial charge in [0.25, 0.3) is 5.56 Å². The van der Waals surface area contributed by atoms with Gasteiger partial charge in [-0.2, -0.15) is 0 Å². The number of ether oxygens (including phenoxy) is 3. The Morgan fingerprint density at radius 1 is 1.00 bits per heavy atom. The summed E-state index contributed by atoms with van der Waals surface area (Å²) in [4.78, 5) is 25.0. The second kappa shape index (κ2) is 14.2. The number of H-pyrrole nitrogens is 1. The van der Waals surface area contributed by atoms with Gasteiger partial charge in [0.2, 0.25) is 0 Å². The molecular formula is C30H46FN5O4. The van der Waals surface area contributed by atoms with Gasteiger partial charge in [-0.3, -0.25) is 14.6 Å². The average Bonchev–Trinajstić information content (AvgIpc) is 2.97. The van der Waals surface area contributed by atoms with E-state index in [9.17, 15) is 9.18 Å². The molecular weight excluding hydrogens is 513 g/mol. The molecule has 4 aliphatic rings. The van der Waals surface area contributed by atoms with Crippen LogP contribution in [0.4, 0.5) is 4.39 Å². The first-order valence-electron chi connectivity index (χ1n) is 15.4. The number of nitrogens with one attached hydrogen (secondary N) is 2. The summed E-state index contributed by atoms with van der Waals surface area (Å²) >= 11 is 0. The van der Waals surface area contributed by atoms with Crippen LogP contribution < -0.4 is 15.6 Å². The second-order valence-electron chi connectivity index (χ2n) is 11.3. The lowest BCUT2D eigenvalue weighted by Gasteiger charge is -2.51. The molecule has 0 radical (unpaired) electrons. The van der Waals surface area contributed by atoms with Gasteiger partial charge in [0, 0.05) is 50.5 Å². The van der Waals surface area contributed by atoms with E-state index in [2.05, 4.69) is 25.1 Å². The Balaban J connectivity index is 0.00000158. The fourth-order valence-corrected chi connectivity index (χ4v) is 6.33. The molecule has 0 aliphatic carbocycles. The lowest BCUT2D eigenvalue weighted by atomic mass is 9.93. The Hall–Kier alpha value is -2.11. The number of rotatable bonds is 8. The predicted octanol–water partition coefficient (Wildman–Crippen LogP) is 3.31. The third kappa shape index (κ3) is 7.20. The van der Waals surface area contributed by atoms with E-state index in [1.54, 1.807) is 6.07 Å². The van der Waals surface area contributed by atoms with Crippen molar-refractivity contribution in [3.05, 3.63) is 34.1 Å². The van der Waals surface area contributed by atoms with Gasteiger partial charge in [0.1, 0.15) is 29.4 Å². The molecule has 0 amide bonds. The Morgan fingerprint density at radius 2 is 1.73 bits per heavy atom. The monoisotopic (exact) mass is 559 g/mol. The standard InChI is InChI=1S/C28H40FN5O4.C2H6/c29-24-13-23(14-25-27(24)28(35)32-26(31-25)18-38-22-5-11-36-12-6-22)37-17-19-3-9-33(10-4-19)21-15-34(16-21)20-1-7-30-8-2-20;1-2/h13-14,19-22,30H,1-12,15-18H2,(H,31,32,35);1-2H3. The minimum atomic E-state index is -0.610. The van der Waals surface area contributed by atoms with Crippen LogP contribution in [0.5, 0.6) is 5.75 Å². The molecule has 0 unspecified atom stereocenters. The van der Waals surface area contributed by atoms with Crippen LogP contribution in [0.15, 0.2) is 16.9 Å². The molecule has 0 atom stereocenters. The van der Waals surface area contributed by atoms with Crippen LogP contribution in [0, 0.1) is 11.7 Å². The Morgan fingerprint density at radius 3 is 2.45 bits per heavy atom. The lowest BCUT2D eigenvalue weighted by Crippen LogP contribution is -2.64. The van der Waals surface area contributed by atoms with E-state index in [0.717, 1.165) is 57.9 Å². The van der Waals surface area contributed by atoms with Gasteiger partial charge in [-0.15, -0.1) is 0 Å². The van der Waals surface area contributed by atoms with Crippen molar-refractivity contribution in [3.63, 3.8) is 0 Å². The van der Waals surface area contributed by atoms with E-state index < -0.39 is 11.4 Å². The third-order valence-electron chi connectivity index (χ3n) is 8.77. The maximum atomic E-state index is 14.8. The van der Waals surface area contributed by atoms with Crippen molar-refractivity contribution in [2.24, 2.45) is 5.92 Å². The summed E-state index contributed by atoms with van der Waals surface area (Å²) < 4.78 is 32.1. The van der Waals surface area contributed by atoms with E-state index in [1.165, 1.54) is 32.0 Å². The van der Waals surface area contributed by atoms with Gasteiger partial charge in [-0.25, -0.2) is 9.37 Å². The summed E-state index contributed by atoms with van der Waals surface area (Å²) in [6.45, 7) is 13.0. The summed E-state index contributed by atoms with van der Waals surface area (Å²) in [5, 5.41) is 3.41. The highest BCUT2D eigenvalue weighted by Crippen LogP contribution is 2.28. The maximum absolute atomic E-state index is 14.8. The highest BCUT2D eigenvalue weighted by Gasteiger charge is 2.37. The molecule has 5 heterocycles. The summed E-state index contributed by atoms with van der Waals surface area (Å²) in [6, 6.07) is 4.43. The van der Waals surface area contributed by atoms with E-state index in [4.69, 9.17) is 14.2 Å². The zero-order valence-electron chi connectivity index (χ0n) is 24.1. The van der Waals surface area contributed by atoms with Crippen LogP contribution in [0.25, 0.3) is 10.9 Å². The molecule has 6 rings (SSSR count). The van der Waals surface area contributed by atoms with Gasteiger partial charge >= 0.3 is 0 Å². The first-order chi connectivity index (χ1) is 19.6. The predicted molar refractivity (Wildman–Crippen MR) is 153 cm³/mol. The van der Waals surface area contributed by atoms with Crippen molar-refractivity contribution in [1.82, 2.24) is 25.1 Å². The number of aromatic nitrogens is 2. The summed E-state index contributed by atoms with van der Waals surface area (Å²) in [7, 11) is 0. The average molecular weight is 560 g/mol. The SMILES string of the molecule is CC.O=c1[nH]c(COC2CCOCC2)nc2cc(OCC3CCN(C4CN(C5CCNCC5)C4)CC3)cc(F)c12. The Kier molecular flexibility index (Phi) is 10.4. The smallest absolute Gasteiger partial charge is 0.261 e. The minimum absolute atomic E-state index is 0.0421. The molecule has 0 spiro atoms. The van der Waals surface area contributed by atoms with Crippen molar-refractivity contribution in [2.75, 3.05) is 59.1 Å². The molecule has 40 heavy (non-hydrogen) atoms. The quantitative estimate of drug-likeness (QED) is 0.509. The molecule has 9 nitrogen and oxygen atoms in total. The van der Waals surface area contributed by atoms with Crippen molar-refractivity contribution < 1.29 is 18.6 Å². The number of hydrogen-bond acceptors (Lipinski definition) is 8. The molecule has 4 saturated heterocycles. The number of nitrogens with zero attached hydrogens (tertiary/aromatic N) is 3. The first kappa shape index (κ1) is 29.4. The molecule has 10 heteroatoms. The second-order valence-corrected chi connectivity index (χ2v) is 11.3. The molecule has 1 aromatic carbocycles. The molecule has 4 aliphatic heterocycles. The van der Waals surface area contributed by atoms with Crippen LogP contribution in [-0.2, 0) is 16.1 Å². The number of aromatic amines is 1. The number of likely N-dealkylation sites (tertiary alicyclic amines) is 2. The van der Waals surface area contributed by atoms with Crippen LogP contribution in [0.1, 0.15) is 58.2 Å². The molecule has 2 N–H and O–H groups in total. The van der Waals surface area contributed by atoms with Gasteiger partial charge in [0.05, 0.1) is 18.2 Å². The minimum Gasteiger partial charge on any atom is -0.493 e. The van der Waals surface area contributed by atoms with E-state index in [1.807, 2.05) is 13.8 Å². The Labute approximate surface area is 236 Å². The fraction of sp³-hybridized carbons (Fsp3) is 0.733. The van der Waals surface area contributed by atoms with Crippen LogP contribution in [-0.4, -0.2) is 97.0 Å². The normalized spacial score (nSPS) is 22.6. The third-order valence-corrected chi connectivity index (χ3v) is 8.77. The van der Waals surface area contributed by atoms with Gasteiger partial charge in [0.15, 0.2) is 0 Å². The maximum Gasteiger partial charge on any atom is 0.261 e. The zero-order chi connectivity index (χ0) is 27.9. The lowest BCUT2D eigenvalue weighted by molar-refractivity contribution is -0.0408. The Bertz CT molecular complexity index is 1140. The number of halogens is 1. The molecule has 0 bridgehead atoms. The highest BCUT2D eigenvalue weighted by atomic mass is 19.1. The van der Waals surface area contributed by atoms with Crippen LogP contribution >= 0.6 is 0 Å². The van der Waals surface area contributed by atoms with Crippen molar-refractivity contribution >= 4 is 10.9 Å². The van der Waals surface area contributed by atoms with Crippen LogP contribution in [0.2, 0.25) is 0 Å². The van der Waals surface area contributed by atoms with Gasteiger partial charge in [-0.1, -0.05) is 13.8 Å². The van der Waals surface area contributed by atoms with Crippen molar-refractivity contribution in [3.8, 4) is 5.75 Å². The van der Waals surface area contributed by atoms with Gasteiger partial charge in [-0.05, 0) is 70.6 Å². The molecule has 2 aromatic rings. The number of hydrogen-bond donors (Lipinski definition) is 2. The van der Waals surface area contributed by atoms with E-state index in [-0.39, 0.29) is 18.1 Å². The van der Waals surface area contributed by atoms with Crippen molar-refractivity contribution in [2.45, 2.75) is 77.2 Å². The first-order valence-corrected chi connectivity index (χ1v) is 15.4.